The van der Waals surface area contributed by atoms with Gasteiger partial charge in [-0.25, -0.2) is 4.98 Å². The maximum atomic E-state index is 11.2. The molecule has 0 spiro atoms. The number of hydrogen-bond acceptors (Lipinski definition) is 6. The van der Waals surface area contributed by atoms with E-state index in [9.17, 15) is 4.79 Å². The van der Waals surface area contributed by atoms with Crippen molar-refractivity contribution >= 4 is 43.8 Å². The van der Waals surface area contributed by atoms with Crippen molar-refractivity contribution in [1.82, 2.24) is 4.98 Å². The van der Waals surface area contributed by atoms with Crippen molar-refractivity contribution in [3.05, 3.63) is 42.1 Å². The summed E-state index contributed by atoms with van der Waals surface area (Å²) in [6.07, 6.45) is 0. The van der Waals surface area contributed by atoms with E-state index >= 15 is 0 Å². The van der Waals surface area contributed by atoms with Crippen molar-refractivity contribution < 1.29 is 9.53 Å². The normalized spacial score (nSPS) is 10.6. The summed E-state index contributed by atoms with van der Waals surface area (Å²) in [4.78, 5) is 15.3. The van der Waals surface area contributed by atoms with Crippen LogP contribution in [0, 0.1) is 0 Å². The lowest BCUT2D eigenvalue weighted by Gasteiger charge is -2.07. The molecule has 0 atom stereocenters. The van der Waals surface area contributed by atoms with Crippen LogP contribution in [0.15, 0.2) is 36.4 Å². The molecule has 1 aromatic heterocycles. The van der Waals surface area contributed by atoms with Crippen LogP contribution in [0.3, 0.4) is 0 Å². The molecule has 1 amide bonds. The van der Waals surface area contributed by atoms with Crippen LogP contribution in [0.4, 0.5) is 15.8 Å². The standard InChI is InChI=1S/C15H14N4O2S/c1-21-11-4-2-3-8-7-9(5-6-10(8)11)18-15-19-12(13(16)20)14(17)22-15/h2-7H,17H2,1H3,(H2,16,20)(H,18,19). The second kappa shape index (κ2) is 5.53. The van der Waals surface area contributed by atoms with Gasteiger partial charge in [-0.2, -0.15) is 0 Å². The van der Waals surface area contributed by atoms with E-state index in [0.717, 1.165) is 22.2 Å². The monoisotopic (exact) mass is 314 g/mol. The maximum absolute atomic E-state index is 11.2. The molecular formula is C15H14N4O2S. The summed E-state index contributed by atoms with van der Waals surface area (Å²) in [5.41, 5.74) is 11.9. The number of anilines is 3. The molecule has 0 fully saturated rings. The number of nitrogen functional groups attached to an aromatic ring is 1. The van der Waals surface area contributed by atoms with Gasteiger partial charge in [-0.15, -0.1) is 0 Å². The van der Waals surface area contributed by atoms with Gasteiger partial charge >= 0.3 is 0 Å². The van der Waals surface area contributed by atoms with Gasteiger partial charge in [0.1, 0.15) is 10.8 Å². The lowest BCUT2D eigenvalue weighted by molar-refractivity contribution is 0.0997. The van der Waals surface area contributed by atoms with Gasteiger partial charge in [-0.05, 0) is 29.7 Å². The van der Waals surface area contributed by atoms with Gasteiger partial charge in [0, 0.05) is 11.1 Å². The minimum atomic E-state index is -0.634. The number of aromatic nitrogens is 1. The van der Waals surface area contributed by atoms with Crippen LogP contribution in [-0.4, -0.2) is 18.0 Å². The minimum absolute atomic E-state index is 0.0926. The van der Waals surface area contributed by atoms with Crippen LogP contribution in [0.5, 0.6) is 5.75 Å². The molecule has 3 aromatic rings. The molecule has 0 aliphatic heterocycles. The highest BCUT2D eigenvalue weighted by Gasteiger charge is 2.13. The van der Waals surface area contributed by atoms with Gasteiger partial charge < -0.3 is 21.5 Å². The molecule has 0 radical (unpaired) electrons. The number of amides is 1. The first kappa shape index (κ1) is 14.2. The molecule has 5 N–H and O–H groups in total. The van der Waals surface area contributed by atoms with E-state index in [1.54, 1.807) is 7.11 Å². The Kier molecular flexibility index (Phi) is 3.56. The molecule has 0 unspecified atom stereocenters. The van der Waals surface area contributed by atoms with E-state index in [1.165, 1.54) is 11.3 Å². The number of ether oxygens (including phenoxy) is 1. The number of carbonyl (C=O) groups excluding carboxylic acids is 1. The number of carbonyl (C=O) groups is 1. The summed E-state index contributed by atoms with van der Waals surface area (Å²) in [6.45, 7) is 0. The Bertz CT molecular complexity index is 860. The van der Waals surface area contributed by atoms with Crippen molar-refractivity contribution in [3.8, 4) is 5.75 Å². The molecule has 0 aliphatic carbocycles. The molecule has 1 heterocycles. The maximum Gasteiger partial charge on any atom is 0.270 e. The van der Waals surface area contributed by atoms with Crippen molar-refractivity contribution in [1.29, 1.82) is 0 Å². The van der Waals surface area contributed by atoms with Crippen LogP contribution in [-0.2, 0) is 0 Å². The van der Waals surface area contributed by atoms with Crippen molar-refractivity contribution in [2.45, 2.75) is 0 Å². The number of benzene rings is 2. The van der Waals surface area contributed by atoms with Crippen LogP contribution in [0.25, 0.3) is 10.8 Å². The molecular weight excluding hydrogens is 300 g/mol. The van der Waals surface area contributed by atoms with Gasteiger partial charge in [-0.1, -0.05) is 23.5 Å². The van der Waals surface area contributed by atoms with Crippen molar-refractivity contribution in [2.75, 3.05) is 18.2 Å². The Morgan fingerprint density at radius 3 is 2.82 bits per heavy atom. The van der Waals surface area contributed by atoms with E-state index in [1.807, 2.05) is 36.4 Å². The number of fused-ring (bicyclic) bond motifs is 1. The van der Waals surface area contributed by atoms with Crippen LogP contribution >= 0.6 is 11.3 Å². The third-order valence-corrected chi connectivity index (χ3v) is 4.00. The molecule has 6 nitrogen and oxygen atoms in total. The second-order valence-electron chi connectivity index (χ2n) is 4.62. The van der Waals surface area contributed by atoms with Crippen LogP contribution in [0.2, 0.25) is 0 Å². The van der Waals surface area contributed by atoms with E-state index in [-0.39, 0.29) is 5.69 Å². The van der Waals surface area contributed by atoms with E-state index < -0.39 is 5.91 Å². The molecule has 0 bridgehead atoms. The molecule has 3 rings (SSSR count). The average molecular weight is 314 g/mol. The number of hydrogen-bond donors (Lipinski definition) is 3. The van der Waals surface area contributed by atoms with Gasteiger partial charge in [0.15, 0.2) is 10.8 Å². The molecule has 2 aromatic carbocycles. The Labute approximate surface area is 130 Å². The molecule has 0 aliphatic rings. The van der Waals surface area contributed by atoms with Crippen LogP contribution in [0.1, 0.15) is 10.5 Å². The highest BCUT2D eigenvalue weighted by Crippen LogP contribution is 2.31. The quantitative estimate of drug-likeness (QED) is 0.687. The molecule has 7 heteroatoms. The SMILES string of the molecule is COc1cccc2cc(Nc3nc(C(N)=O)c(N)s3)ccc12. The lowest BCUT2D eigenvalue weighted by Crippen LogP contribution is -2.13. The number of nitrogens with two attached hydrogens (primary N) is 2. The minimum Gasteiger partial charge on any atom is -0.496 e. The zero-order valence-corrected chi connectivity index (χ0v) is 12.6. The fourth-order valence-electron chi connectivity index (χ4n) is 2.20. The smallest absolute Gasteiger partial charge is 0.270 e. The van der Waals surface area contributed by atoms with Gasteiger partial charge in [0.25, 0.3) is 5.91 Å². The predicted octanol–water partition coefficient (Wildman–Crippen LogP) is 2.73. The number of primary amides is 1. The molecule has 22 heavy (non-hydrogen) atoms. The molecule has 0 saturated carbocycles. The highest BCUT2D eigenvalue weighted by molar-refractivity contribution is 7.19. The number of nitrogens with zero attached hydrogens (tertiary/aromatic N) is 1. The number of methoxy groups -OCH3 is 1. The Balaban J connectivity index is 1.94. The zero-order valence-electron chi connectivity index (χ0n) is 11.8. The van der Waals surface area contributed by atoms with Crippen LogP contribution < -0.4 is 21.5 Å². The Morgan fingerprint density at radius 2 is 2.14 bits per heavy atom. The molecule has 112 valence electrons. The third kappa shape index (κ3) is 2.53. The number of rotatable bonds is 4. The fraction of sp³-hybridized carbons (Fsp3) is 0.0667. The Morgan fingerprint density at radius 1 is 1.32 bits per heavy atom. The number of thiazole rings is 1. The van der Waals surface area contributed by atoms with E-state index in [4.69, 9.17) is 16.2 Å². The average Bonchev–Trinajstić information content (AvgIpc) is 2.87. The summed E-state index contributed by atoms with van der Waals surface area (Å²) in [7, 11) is 1.64. The zero-order chi connectivity index (χ0) is 15.7. The highest BCUT2D eigenvalue weighted by atomic mass is 32.1. The third-order valence-electron chi connectivity index (χ3n) is 3.20. The largest absolute Gasteiger partial charge is 0.496 e. The first-order valence-corrected chi connectivity index (χ1v) is 7.30. The first-order valence-electron chi connectivity index (χ1n) is 6.48. The predicted molar refractivity (Wildman–Crippen MR) is 88.8 cm³/mol. The van der Waals surface area contributed by atoms with E-state index in [2.05, 4.69) is 10.3 Å². The second-order valence-corrected chi connectivity index (χ2v) is 5.65. The molecule has 0 saturated heterocycles. The summed E-state index contributed by atoms with van der Waals surface area (Å²) >= 11 is 1.18. The summed E-state index contributed by atoms with van der Waals surface area (Å²) < 4.78 is 5.33. The summed E-state index contributed by atoms with van der Waals surface area (Å²) in [5.74, 6) is 0.184. The lowest BCUT2D eigenvalue weighted by atomic mass is 10.1. The summed E-state index contributed by atoms with van der Waals surface area (Å²) in [6, 6.07) is 11.7. The van der Waals surface area contributed by atoms with Crippen molar-refractivity contribution in [2.24, 2.45) is 5.73 Å². The van der Waals surface area contributed by atoms with E-state index in [0.29, 0.717) is 10.1 Å². The van der Waals surface area contributed by atoms with Gasteiger partial charge in [-0.3, -0.25) is 4.79 Å². The topological polar surface area (TPSA) is 103 Å². The first-order chi connectivity index (χ1) is 10.6. The number of nitrogens with one attached hydrogen (secondary N) is 1. The van der Waals surface area contributed by atoms with Gasteiger partial charge in [0.2, 0.25) is 0 Å². The van der Waals surface area contributed by atoms with Gasteiger partial charge in [0.05, 0.1) is 7.11 Å². The fourth-order valence-corrected chi connectivity index (χ4v) is 2.95. The van der Waals surface area contributed by atoms with Crippen molar-refractivity contribution in [3.63, 3.8) is 0 Å². The Hall–Kier alpha value is -2.80. The summed E-state index contributed by atoms with van der Waals surface area (Å²) in [5, 5.41) is 6.01.